The summed E-state index contributed by atoms with van der Waals surface area (Å²) in [7, 11) is -3.86. The zero-order chi connectivity index (χ0) is 32.0. The number of rotatable bonds is 10. The molecule has 2 amide bonds. The number of aromatic hydroxyl groups is 1. The van der Waals surface area contributed by atoms with Crippen molar-refractivity contribution in [3.63, 3.8) is 0 Å². The van der Waals surface area contributed by atoms with Gasteiger partial charge in [0.15, 0.2) is 11.8 Å². The fourth-order valence-electron chi connectivity index (χ4n) is 3.99. The third kappa shape index (κ3) is 8.27. The summed E-state index contributed by atoms with van der Waals surface area (Å²) in [4.78, 5) is 27.8. The van der Waals surface area contributed by atoms with E-state index >= 15 is 0 Å². The summed E-state index contributed by atoms with van der Waals surface area (Å²) in [6, 6.07) is 20.6. The normalized spacial score (nSPS) is 15.3. The fraction of sp³-hybridized carbons (Fsp3) is 0.0667. The van der Waals surface area contributed by atoms with Gasteiger partial charge in [-0.2, -0.15) is 5.10 Å². The fourth-order valence-corrected chi connectivity index (χ4v) is 5.81. The molecule has 0 saturated carbocycles. The molecular formula is C30H24BrN5O7S2. The number of benzene rings is 3. The highest BCUT2D eigenvalue weighted by Gasteiger charge is 2.34. The summed E-state index contributed by atoms with van der Waals surface area (Å²) in [5.74, 6) is 0.0752. The van der Waals surface area contributed by atoms with E-state index in [0.717, 1.165) is 11.8 Å². The number of nitrogens with one attached hydrogen (secondary N) is 1. The van der Waals surface area contributed by atoms with Gasteiger partial charge >= 0.3 is 0 Å². The topological polar surface area (TPSA) is 177 Å². The lowest BCUT2D eigenvalue weighted by Crippen LogP contribution is -2.28. The number of para-hydroxylation sites is 1. The maximum atomic E-state index is 13.5. The third-order valence-corrected chi connectivity index (χ3v) is 8.56. The van der Waals surface area contributed by atoms with Gasteiger partial charge in [-0.05, 0) is 84.6 Å². The Hall–Kier alpha value is -4.70. The molecule has 5 rings (SSSR count). The highest BCUT2D eigenvalue weighted by Crippen LogP contribution is 2.36. The number of phenolic OH excluding ortho intramolecular Hbond substituents is 1. The largest absolute Gasteiger partial charge is 0.507 e. The molecule has 12 nitrogen and oxygen atoms in total. The molecule has 1 aliphatic heterocycles. The first-order valence-corrected chi connectivity index (χ1v) is 16.2. The third-order valence-electron chi connectivity index (χ3n) is 6.14. The molecule has 1 aromatic heterocycles. The number of primary sulfonamides is 1. The lowest BCUT2D eigenvalue weighted by Gasteiger charge is -2.13. The molecule has 3 aromatic carbocycles. The standard InChI is InChI=1S/C30H24BrN5O7S2/c31-21-7-12-26(43-18-28(38)34-22-8-10-24(11-9-22)45(32,40)41)20(14-21)15-27-29(39)36(17-23-5-3-13-42-23)30(44-27)35-33-16-19-4-1-2-6-25(19)37/h1-16,37H,17-18H2,(H,34,38)(H2,32,40,41)/b27-15-,33-16-,35-30+. The van der Waals surface area contributed by atoms with Crippen LogP contribution in [0.4, 0.5) is 5.69 Å². The van der Waals surface area contributed by atoms with E-state index in [1.807, 2.05) is 0 Å². The molecule has 0 aliphatic carbocycles. The van der Waals surface area contributed by atoms with Gasteiger partial charge in [-0.25, -0.2) is 13.6 Å². The van der Waals surface area contributed by atoms with E-state index in [2.05, 4.69) is 31.4 Å². The minimum Gasteiger partial charge on any atom is -0.507 e. The van der Waals surface area contributed by atoms with Gasteiger partial charge < -0.3 is 19.6 Å². The minimum absolute atomic E-state index is 0.0421. The van der Waals surface area contributed by atoms with Crippen LogP contribution in [-0.2, 0) is 26.2 Å². The van der Waals surface area contributed by atoms with Crippen LogP contribution >= 0.6 is 27.7 Å². The summed E-state index contributed by atoms with van der Waals surface area (Å²) in [5, 5.41) is 26.4. The first-order valence-electron chi connectivity index (χ1n) is 13.0. The molecule has 0 unspecified atom stereocenters. The number of carbonyl (C=O) groups excluding carboxylic acids is 2. The summed E-state index contributed by atoms with van der Waals surface area (Å²) in [6.45, 7) is -0.254. The highest BCUT2D eigenvalue weighted by atomic mass is 79.9. The number of sulfonamides is 1. The van der Waals surface area contributed by atoms with Crippen LogP contribution in [0.3, 0.4) is 0 Å². The number of thioether (sulfide) groups is 1. The molecule has 0 atom stereocenters. The zero-order valence-corrected chi connectivity index (χ0v) is 26.4. The number of furan rings is 1. The molecule has 4 aromatic rings. The Kier molecular flexibility index (Phi) is 9.83. The van der Waals surface area contributed by atoms with E-state index in [-0.39, 0.29) is 29.7 Å². The number of ether oxygens (including phenoxy) is 1. The first kappa shape index (κ1) is 31.7. The van der Waals surface area contributed by atoms with Crippen LogP contribution in [0, 0.1) is 0 Å². The number of phenols is 1. The summed E-state index contributed by atoms with van der Waals surface area (Å²) in [6.07, 6.45) is 4.52. The smallest absolute Gasteiger partial charge is 0.267 e. The molecule has 0 bridgehead atoms. The Labute approximate surface area is 270 Å². The van der Waals surface area contributed by atoms with E-state index in [1.54, 1.807) is 54.6 Å². The number of carbonyl (C=O) groups is 2. The number of hydrogen-bond acceptors (Lipinski definition) is 10. The highest BCUT2D eigenvalue weighted by molar-refractivity contribution is 9.10. The Morgan fingerprint density at radius 3 is 2.58 bits per heavy atom. The summed E-state index contributed by atoms with van der Waals surface area (Å²) < 4.78 is 34.9. The van der Waals surface area contributed by atoms with Crippen molar-refractivity contribution < 1.29 is 32.3 Å². The molecule has 1 saturated heterocycles. The molecule has 4 N–H and O–H groups in total. The number of nitrogens with zero attached hydrogens (tertiary/aromatic N) is 3. The average Bonchev–Trinajstić information content (AvgIpc) is 3.62. The van der Waals surface area contributed by atoms with Crippen molar-refractivity contribution in [2.45, 2.75) is 11.4 Å². The van der Waals surface area contributed by atoms with E-state index in [4.69, 9.17) is 14.3 Å². The number of anilines is 1. The molecule has 1 aliphatic rings. The van der Waals surface area contributed by atoms with Crippen molar-refractivity contribution in [3.8, 4) is 11.5 Å². The lowest BCUT2D eigenvalue weighted by molar-refractivity contribution is -0.122. The second-order valence-corrected chi connectivity index (χ2v) is 12.8. The van der Waals surface area contributed by atoms with Gasteiger partial charge in [-0.3, -0.25) is 14.5 Å². The number of amides is 2. The second kappa shape index (κ2) is 13.9. The molecule has 45 heavy (non-hydrogen) atoms. The van der Waals surface area contributed by atoms with Crippen LogP contribution in [0.25, 0.3) is 6.08 Å². The Morgan fingerprint density at radius 1 is 1.09 bits per heavy atom. The number of hydrogen-bond donors (Lipinski definition) is 3. The number of nitrogens with two attached hydrogens (primary N) is 1. The van der Waals surface area contributed by atoms with Crippen LogP contribution in [0.1, 0.15) is 16.9 Å². The first-order chi connectivity index (χ1) is 21.6. The van der Waals surface area contributed by atoms with Crippen LogP contribution in [0.5, 0.6) is 11.5 Å². The van der Waals surface area contributed by atoms with Gasteiger partial charge in [0.1, 0.15) is 17.3 Å². The number of amidine groups is 1. The monoisotopic (exact) mass is 709 g/mol. The van der Waals surface area contributed by atoms with Gasteiger partial charge in [0, 0.05) is 21.3 Å². The van der Waals surface area contributed by atoms with E-state index < -0.39 is 15.9 Å². The van der Waals surface area contributed by atoms with Crippen LogP contribution in [0.15, 0.2) is 114 Å². The Morgan fingerprint density at radius 2 is 1.87 bits per heavy atom. The van der Waals surface area contributed by atoms with E-state index in [1.165, 1.54) is 47.7 Å². The molecule has 15 heteroatoms. The lowest BCUT2D eigenvalue weighted by atomic mass is 10.2. The van der Waals surface area contributed by atoms with Gasteiger partial charge in [0.2, 0.25) is 10.0 Å². The van der Waals surface area contributed by atoms with Crippen molar-refractivity contribution in [1.82, 2.24) is 4.90 Å². The van der Waals surface area contributed by atoms with Gasteiger partial charge in [0.05, 0.1) is 28.8 Å². The van der Waals surface area contributed by atoms with Crippen molar-refractivity contribution in [2.75, 3.05) is 11.9 Å². The quantitative estimate of drug-likeness (QED) is 0.118. The maximum Gasteiger partial charge on any atom is 0.267 e. The SMILES string of the molecule is NS(=O)(=O)c1ccc(NC(=O)COc2ccc(Br)cc2/C=C2\S/C(=N/N=C\c3ccccc3O)N(Cc3ccco3)C2=O)cc1. The summed E-state index contributed by atoms with van der Waals surface area (Å²) in [5.41, 5.74) is 1.34. The summed E-state index contributed by atoms with van der Waals surface area (Å²) >= 11 is 4.53. The van der Waals surface area contributed by atoms with E-state index in [9.17, 15) is 23.1 Å². The molecule has 2 heterocycles. The molecular weight excluding hydrogens is 686 g/mol. The van der Waals surface area contributed by atoms with Crippen molar-refractivity contribution in [3.05, 3.63) is 111 Å². The van der Waals surface area contributed by atoms with Crippen molar-refractivity contribution in [2.24, 2.45) is 15.3 Å². The van der Waals surface area contributed by atoms with Crippen molar-refractivity contribution >= 4 is 72.7 Å². The van der Waals surface area contributed by atoms with Crippen LogP contribution in [0.2, 0.25) is 0 Å². The second-order valence-electron chi connectivity index (χ2n) is 9.36. The molecule has 0 radical (unpaired) electrons. The van der Waals surface area contributed by atoms with Crippen LogP contribution in [-0.4, -0.2) is 48.2 Å². The predicted octanol–water partition coefficient (Wildman–Crippen LogP) is 4.92. The Balaban J connectivity index is 1.34. The minimum atomic E-state index is -3.86. The van der Waals surface area contributed by atoms with Crippen LogP contribution < -0.4 is 15.2 Å². The van der Waals surface area contributed by atoms with Gasteiger partial charge in [-0.1, -0.05) is 28.1 Å². The maximum absolute atomic E-state index is 13.5. The molecule has 0 spiro atoms. The Bertz CT molecular complexity index is 1930. The molecule has 1 fully saturated rings. The number of halogens is 1. The van der Waals surface area contributed by atoms with E-state index in [0.29, 0.717) is 42.9 Å². The molecule has 230 valence electrons. The van der Waals surface area contributed by atoms with Gasteiger partial charge in [0.25, 0.3) is 11.8 Å². The van der Waals surface area contributed by atoms with Crippen molar-refractivity contribution in [1.29, 1.82) is 0 Å². The van der Waals surface area contributed by atoms with Gasteiger partial charge in [-0.15, -0.1) is 5.10 Å². The average molecular weight is 711 g/mol. The predicted molar refractivity (Wildman–Crippen MR) is 174 cm³/mol. The zero-order valence-electron chi connectivity index (χ0n) is 23.2.